The number of hydrogen-bond donors (Lipinski definition) is 1. The summed E-state index contributed by atoms with van der Waals surface area (Å²) >= 11 is 0. The topological polar surface area (TPSA) is 46.5 Å². The molecular formula is C15H22O3. The zero-order chi connectivity index (χ0) is 13.7. The van der Waals surface area contributed by atoms with Gasteiger partial charge in [-0.3, -0.25) is 0 Å². The van der Waals surface area contributed by atoms with Crippen LogP contribution in [-0.2, 0) is 0 Å². The summed E-state index contributed by atoms with van der Waals surface area (Å²) in [5.74, 6) is 0.326. The van der Waals surface area contributed by atoms with E-state index < -0.39 is 5.97 Å². The molecule has 0 aliphatic carbocycles. The molecule has 0 aliphatic heterocycles. The van der Waals surface area contributed by atoms with Crippen molar-refractivity contribution < 1.29 is 14.6 Å². The van der Waals surface area contributed by atoms with Crippen LogP contribution in [-0.4, -0.2) is 17.7 Å². The fourth-order valence-electron chi connectivity index (χ4n) is 1.63. The number of hydrogen-bond acceptors (Lipinski definition) is 2. The molecule has 0 amide bonds. The molecular weight excluding hydrogens is 228 g/mol. The molecule has 1 aromatic rings. The highest BCUT2D eigenvalue weighted by molar-refractivity contribution is 5.91. The first-order valence-corrected chi connectivity index (χ1v) is 6.45. The summed E-state index contributed by atoms with van der Waals surface area (Å²) < 4.78 is 5.61. The Kier molecular flexibility index (Phi) is 5.20. The quantitative estimate of drug-likeness (QED) is 0.832. The van der Waals surface area contributed by atoms with Gasteiger partial charge < -0.3 is 9.84 Å². The van der Waals surface area contributed by atoms with Crippen LogP contribution in [0.3, 0.4) is 0 Å². The minimum atomic E-state index is -0.940. The number of carboxylic acid groups (broad SMARTS) is 1. The normalized spacial score (nSPS) is 12.5. The van der Waals surface area contributed by atoms with E-state index in [0.29, 0.717) is 24.2 Å². The number of ether oxygens (including phenoxy) is 1. The molecule has 0 saturated carbocycles. The van der Waals surface area contributed by atoms with E-state index in [1.165, 1.54) is 0 Å². The largest absolute Gasteiger partial charge is 0.492 e. The van der Waals surface area contributed by atoms with E-state index in [0.717, 1.165) is 12.0 Å². The van der Waals surface area contributed by atoms with E-state index in [2.05, 4.69) is 13.8 Å². The first kappa shape index (κ1) is 14.6. The van der Waals surface area contributed by atoms with Gasteiger partial charge in [0, 0.05) is 0 Å². The van der Waals surface area contributed by atoms with E-state index in [4.69, 9.17) is 9.84 Å². The van der Waals surface area contributed by atoms with Gasteiger partial charge in [-0.25, -0.2) is 4.79 Å². The van der Waals surface area contributed by atoms with Gasteiger partial charge in [0.1, 0.15) is 11.3 Å². The highest BCUT2D eigenvalue weighted by Gasteiger charge is 2.14. The van der Waals surface area contributed by atoms with Crippen LogP contribution in [0.1, 0.15) is 56.0 Å². The van der Waals surface area contributed by atoms with Crippen LogP contribution < -0.4 is 4.74 Å². The lowest BCUT2D eigenvalue weighted by Crippen LogP contribution is -2.09. The van der Waals surface area contributed by atoms with Crippen molar-refractivity contribution in [3.8, 4) is 5.75 Å². The highest BCUT2D eigenvalue weighted by atomic mass is 16.5. The molecule has 0 radical (unpaired) electrons. The molecule has 0 heterocycles. The smallest absolute Gasteiger partial charge is 0.339 e. The zero-order valence-corrected chi connectivity index (χ0v) is 11.6. The van der Waals surface area contributed by atoms with Crippen LogP contribution in [0, 0.1) is 5.92 Å². The van der Waals surface area contributed by atoms with Crippen molar-refractivity contribution in [1.82, 2.24) is 0 Å². The fraction of sp³-hybridized carbons (Fsp3) is 0.533. The molecule has 0 bridgehead atoms. The van der Waals surface area contributed by atoms with Crippen LogP contribution in [0.2, 0.25) is 0 Å². The summed E-state index contributed by atoms with van der Waals surface area (Å²) in [7, 11) is 0. The van der Waals surface area contributed by atoms with E-state index in [1.54, 1.807) is 6.07 Å². The maximum absolute atomic E-state index is 11.1. The van der Waals surface area contributed by atoms with Gasteiger partial charge in [0.05, 0.1) is 6.61 Å². The predicted molar refractivity (Wildman–Crippen MR) is 72.4 cm³/mol. The molecule has 1 atom stereocenters. The Bertz CT molecular complexity index is 410. The van der Waals surface area contributed by atoms with Crippen LogP contribution in [0.4, 0.5) is 0 Å². The summed E-state index contributed by atoms with van der Waals surface area (Å²) in [5.41, 5.74) is 1.36. The first-order valence-electron chi connectivity index (χ1n) is 6.45. The second kappa shape index (κ2) is 6.43. The molecule has 0 aromatic heterocycles. The highest BCUT2D eigenvalue weighted by Crippen LogP contribution is 2.27. The minimum Gasteiger partial charge on any atom is -0.492 e. The van der Waals surface area contributed by atoms with Gasteiger partial charge in [0.15, 0.2) is 0 Å². The minimum absolute atomic E-state index is 0.239. The van der Waals surface area contributed by atoms with Gasteiger partial charge in [-0.05, 0) is 36.0 Å². The summed E-state index contributed by atoms with van der Waals surface area (Å²) in [6.45, 7) is 8.86. The van der Waals surface area contributed by atoms with Crippen LogP contribution >= 0.6 is 0 Å². The Morgan fingerprint density at radius 3 is 2.50 bits per heavy atom. The third-order valence-electron chi connectivity index (χ3n) is 2.99. The summed E-state index contributed by atoms with van der Waals surface area (Å²) in [6, 6.07) is 5.37. The van der Waals surface area contributed by atoms with Crippen molar-refractivity contribution >= 4 is 5.97 Å². The molecule has 1 rings (SSSR count). The zero-order valence-electron chi connectivity index (χ0n) is 11.6. The van der Waals surface area contributed by atoms with Gasteiger partial charge in [-0.2, -0.15) is 0 Å². The molecule has 1 unspecified atom stereocenters. The molecule has 1 aromatic carbocycles. The average Bonchev–Trinajstić information content (AvgIpc) is 2.34. The van der Waals surface area contributed by atoms with Gasteiger partial charge in [-0.1, -0.05) is 33.8 Å². The van der Waals surface area contributed by atoms with Gasteiger partial charge in [0.2, 0.25) is 0 Å². The van der Waals surface area contributed by atoms with Crippen LogP contribution in [0.25, 0.3) is 0 Å². The average molecular weight is 250 g/mol. The molecule has 0 saturated heterocycles. The maximum atomic E-state index is 11.1. The Morgan fingerprint density at radius 2 is 2.00 bits per heavy atom. The fourth-order valence-corrected chi connectivity index (χ4v) is 1.63. The molecule has 0 spiro atoms. The maximum Gasteiger partial charge on any atom is 0.339 e. The Balaban J connectivity index is 3.03. The van der Waals surface area contributed by atoms with Crippen molar-refractivity contribution in [1.29, 1.82) is 0 Å². The van der Waals surface area contributed by atoms with Crippen molar-refractivity contribution in [3.63, 3.8) is 0 Å². The summed E-state index contributed by atoms with van der Waals surface area (Å²) in [5, 5.41) is 9.14. The lowest BCUT2D eigenvalue weighted by Gasteiger charge is -2.15. The predicted octanol–water partition coefficient (Wildman–Crippen LogP) is 3.93. The molecule has 18 heavy (non-hydrogen) atoms. The number of carbonyl (C=O) groups is 1. The van der Waals surface area contributed by atoms with Gasteiger partial charge >= 0.3 is 5.97 Å². The number of aromatic carboxylic acids is 1. The number of carboxylic acids is 1. The van der Waals surface area contributed by atoms with Crippen molar-refractivity contribution in [2.75, 3.05) is 6.61 Å². The summed E-state index contributed by atoms with van der Waals surface area (Å²) in [4.78, 5) is 11.1. The Morgan fingerprint density at radius 1 is 1.33 bits per heavy atom. The molecule has 0 fully saturated rings. The molecule has 100 valence electrons. The number of benzene rings is 1. The van der Waals surface area contributed by atoms with E-state index >= 15 is 0 Å². The van der Waals surface area contributed by atoms with Crippen LogP contribution in [0.5, 0.6) is 5.75 Å². The van der Waals surface area contributed by atoms with Gasteiger partial charge in [-0.15, -0.1) is 0 Å². The molecule has 3 heteroatoms. The standard InChI is InChI=1S/C15H22O3/c1-5-11(4)12-6-7-13(15(16)17)14(8-12)18-9-10(2)3/h6-8,10-11H,5,9H2,1-4H3,(H,16,17). The third-order valence-corrected chi connectivity index (χ3v) is 2.99. The second-order valence-corrected chi connectivity index (χ2v) is 5.07. The lowest BCUT2D eigenvalue weighted by molar-refractivity contribution is 0.0691. The Labute approximate surface area is 109 Å². The lowest BCUT2D eigenvalue weighted by atomic mass is 9.97. The van der Waals surface area contributed by atoms with Crippen molar-refractivity contribution in [2.24, 2.45) is 5.92 Å². The van der Waals surface area contributed by atoms with Gasteiger partial charge in [0.25, 0.3) is 0 Å². The summed E-state index contributed by atoms with van der Waals surface area (Å²) in [6.07, 6.45) is 1.02. The van der Waals surface area contributed by atoms with Crippen molar-refractivity contribution in [2.45, 2.75) is 40.0 Å². The van der Waals surface area contributed by atoms with E-state index in [9.17, 15) is 4.79 Å². The Hall–Kier alpha value is -1.51. The molecule has 0 aliphatic rings. The number of rotatable bonds is 6. The SMILES string of the molecule is CCC(C)c1ccc(C(=O)O)c(OCC(C)C)c1. The monoisotopic (exact) mass is 250 g/mol. The van der Waals surface area contributed by atoms with Crippen molar-refractivity contribution in [3.05, 3.63) is 29.3 Å². The van der Waals surface area contributed by atoms with Crippen LogP contribution in [0.15, 0.2) is 18.2 Å². The first-order chi connectivity index (χ1) is 8.45. The molecule has 3 nitrogen and oxygen atoms in total. The van der Waals surface area contributed by atoms with E-state index in [-0.39, 0.29) is 5.56 Å². The second-order valence-electron chi connectivity index (χ2n) is 5.07. The van der Waals surface area contributed by atoms with E-state index in [1.807, 2.05) is 26.0 Å². The third kappa shape index (κ3) is 3.76. The molecule has 1 N–H and O–H groups in total.